The first-order valence-electron chi connectivity index (χ1n) is 7.19. The summed E-state index contributed by atoms with van der Waals surface area (Å²) < 4.78 is 5.11. The number of hydrogen-bond acceptors (Lipinski definition) is 4. The third-order valence-electron chi connectivity index (χ3n) is 3.34. The van der Waals surface area contributed by atoms with Crippen molar-refractivity contribution < 1.29 is 9.53 Å². The second-order valence-electron chi connectivity index (χ2n) is 4.99. The van der Waals surface area contributed by atoms with Crippen molar-refractivity contribution in [3.8, 4) is 17.1 Å². The molecule has 0 aliphatic carbocycles. The van der Waals surface area contributed by atoms with Gasteiger partial charge in [-0.05, 0) is 42.5 Å². The third kappa shape index (κ3) is 3.70. The smallest absolute Gasteiger partial charge is 0.255 e. The largest absolute Gasteiger partial charge is 0.497 e. The number of anilines is 1. The third-order valence-corrected chi connectivity index (χ3v) is 3.60. The highest BCUT2D eigenvalue weighted by molar-refractivity contribution is 6.30. The van der Waals surface area contributed by atoms with Crippen LogP contribution in [0.2, 0.25) is 5.02 Å². The van der Waals surface area contributed by atoms with Crippen molar-refractivity contribution in [3.63, 3.8) is 0 Å². The maximum absolute atomic E-state index is 12.2. The van der Waals surface area contributed by atoms with Gasteiger partial charge < -0.3 is 10.1 Å². The zero-order chi connectivity index (χ0) is 16.9. The maximum atomic E-state index is 12.2. The minimum Gasteiger partial charge on any atom is -0.497 e. The van der Waals surface area contributed by atoms with Crippen molar-refractivity contribution in [2.75, 3.05) is 12.4 Å². The summed E-state index contributed by atoms with van der Waals surface area (Å²) >= 11 is 5.86. The van der Waals surface area contributed by atoms with E-state index in [-0.39, 0.29) is 5.91 Å². The second-order valence-corrected chi connectivity index (χ2v) is 5.42. The summed E-state index contributed by atoms with van der Waals surface area (Å²) in [7, 11) is 1.56. The molecule has 1 aromatic heterocycles. The van der Waals surface area contributed by atoms with Crippen molar-refractivity contribution >= 4 is 23.2 Å². The van der Waals surface area contributed by atoms with Gasteiger partial charge in [0, 0.05) is 16.1 Å². The number of ether oxygens (including phenoxy) is 1. The van der Waals surface area contributed by atoms with Gasteiger partial charge in [0.25, 0.3) is 5.91 Å². The maximum Gasteiger partial charge on any atom is 0.255 e. The Morgan fingerprint density at radius 1 is 1.08 bits per heavy atom. The van der Waals surface area contributed by atoms with Gasteiger partial charge >= 0.3 is 0 Å². The Morgan fingerprint density at radius 3 is 2.46 bits per heavy atom. The van der Waals surface area contributed by atoms with Crippen LogP contribution >= 0.6 is 11.6 Å². The van der Waals surface area contributed by atoms with E-state index in [1.807, 2.05) is 12.1 Å². The Hall–Kier alpha value is -2.92. The minimum atomic E-state index is -0.253. The molecule has 6 heteroatoms. The molecular weight excluding hydrogens is 326 g/mol. The Kier molecular flexibility index (Phi) is 4.72. The highest BCUT2D eigenvalue weighted by atomic mass is 35.5. The lowest BCUT2D eigenvalue weighted by Crippen LogP contribution is -2.12. The molecule has 24 heavy (non-hydrogen) atoms. The predicted octanol–water partition coefficient (Wildman–Crippen LogP) is 4.06. The van der Waals surface area contributed by atoms with Crippen LogP contribution in [0.15, 0.2) is 60.9 Å². The van der Waals surface area contributed by atoms with E-state index >= 15 is 0 Å². The fraction of sp³-hybridized carbons (Fsp3) is 0.0556. The van der Waals surface area contributed by atoms with E-state index in [4.69, 9.17) is 16.3 Å². The summed E-state index contributed by atoms with van der Waals surface area (Å²) in [5.41, 5.74) is 1.86. The first kappa shape index (κ1) is 16.0. The molecular formula is C18H14ClN3O2. The van der Waals surface area contributed by atoms with Crippen molar-refractivity contribution in [2.24, 2.45) is 0 Å². The molecule has 0 saturated carbocycles. The summed E-state index contributed by atoms with van der Waals surface area (Å²) in [5, 5.41) is 3.41. The average molecular weight is 340 g/mol. The van der Waals surface area contributed by atoms with E-state index in [1.54, 1.807) is 55.9 Å². The lowest BCUT2D eigenvalue weighted by atomic mass is 10.2. The van der Waals surface area contributed by atoms with Crippen LogP contribution < -0.4 is 10.1 Å². The number of methoxy groups -OCH3 is 1. The molecule has 0 atom stereocenters. The fourth-order valence-corrected chi connectivity index (χ4v) is 2.23. The normalized spacial score (nSPS) is 10.2. The Bertz CT molecular complexity index is 849. The number of aromatic nitrogens is 2. The Balaban J connectivity index is 1.73. The number of nitrogens with zero attached hydrogens (tertiary/aromatic N) is 2. The van der Waals surface area contributed by atoms with Crippen molar-refractivity contribution in [2.45, 2.75) is 0 Å². The van der Waals surface area contributed by atoms with Gasteiger partial charge in [0.05, 0.1) is 25.2 Å². The topological polar surface area (TPSA) is 64.1 Å². The van der Waals surface area contributed by atoms with Crippen LogP contribution in [0.25, 0.3) is 11.4 Å². The van der Waals surface area contributed by atoms with E-state index in [1.165, 1.54) is 0 Å². The highest BCUT2D eigenvalue weighted by Gasteiger charge is 2.08. The fourth-order valence-electron chi connectivity index (χ4n) is 2.11. The van der Waals surface area contributed by atoms with Crippen LogP contribution in [-0.4, -0.2) is 23.0 Å². The Labute approximate surface area is 144 Å². The SMILES string of the molecule is COc1cccc(C(=O)Nc2cnc(-c3ccc(Cl)cc3)nc2)c1. The van der Waals surface area contributed by atoms with E-state index in [0.717, 1.165) is 5.56 Å². The zero-order valence-corrected chi connectivity index (χ0v) is 13.6. The van der Waals surface area contributed by atoms with Crippen LogP contribution in [0.1, 0.15) is 10.4 Å². The van der Waals surface area contributed by atoms with Gasteiger partial charge in [-0.1, -0.05) is 17.7 Å². The molecule has 5 nitrogen and oxygen atoms in total. The molecule has 0 spiro atoms. The molecule has 0 unspecified atom stereocenters. The van der Waals surface area contributed by atoms with Gasteiger partial charge in [0.1, 0.15) is 5.75 Å². The minimum absolute atomic E-state index is 0.253. The summed E-state index contributed by atoms with van der Waals surface area (Å²) in [4.78, 5) is 20.8. The van der Waals surface area contributed by atoms with Gasteiger partial charge in [0.2, 0.25) is 0 Å². The lowest BCUT2D eigenvalue weighted by Gasteiger charge is -2.07. The van der Waals surface area contributed by atoms with E-state index in [9.17, 15) is 4.79 Å². The molecule has 0 aliphatic heterocycles. The first-order chi connectivity index (χ1) is 11.7. The van der Waals surface area contributed by atoms with Crippen LogP contribution in [0.4, 0.5) is 5.69 Å². The molecule has 0 bridgehead atoms. The van der Waals surface area contributed by atoms with Crippen LogP contribution in [0.5, 0.6) is 5.75 Å². The standard InChI is InChI=1S/C18H14ClN3O2/c1-24-16-4-2-3-13(9-16)18(23)22-15-10-20-17(21-11-15)12-5-7-14(19)8-6-12/h2-11H,1H3,(H,22,23). The number of nitrogens with one attached hydrogen (secondary N) is 1. The van der Waals surface area contributed by atoms with Gasteiger partial charge in [-0.2, -0.15) is 0 Å². The molecule has 120 valence electrons. The second kappa shape index (κ2) is 7.10. The molecule has 0 aliphatic rings. The molecule has 0 fully saturated rings. The molecule has 1 N–H and O–H groups in total. The van der Waals surface area contributed by atoms with Crippen LogP contribution in [0, 0.1) is 0 Å². The number of hydrogen-bond donors (Lipinski definition) is 1. The molecule has 1 amide bonds. The molecule has 1 heterocycles. The van der Waals surface area contributed by atoms with Crippen molar-refractivity contribution in [1.29, 1.82) is 0 Å². The zero-order valence-electron chi connectivity index (χ0n) is 12.9. The van der Waals surface area contributed by atoms with Gasteiger partial charge in [-0.3, -0.25) is 4.79 Å². The summed E-state index contributed by atoms with van der Waals surface area (Å²) in [6.45, 7) is 0. The summed E-state index contributed by atoms with van der Waals surface area (Å²) in [6, 6.07) is 14.1. The van der Waals surface area contributed by atoms with Crippen molar-refractivity contribution in [3.05, 3.63) is 71.5 Å². The number of carbonyl (C=O) groups excluding carboxylic acids is 1. The van der Waals surface area contributed by atoms with Gasteiger partial charge in [-0.25, -0.2) is 9.97 Å². The number of rotatable bonds is 4. The van der Waals surface area contributed by atoms with Gasteiger partial charge in [-0.15, -0.1) is 0 Å². The van der Waals surface area contributed by atoms with E-state index in [2.05, 4.69) is 15.3 Å². The monoisotopic (exact) mass is 339 g/mol. The predicted molar refractivity (Wildman–Crippen MR) is 93.4 cm³/mol. The van der Waals surface area contributed by atoms with Crippen molar-refractivity contribution in [1.82, 2.24) is 9.97 Å². The average Bonchev–Trinajstić information content (AvgIpc) is 2.63. The highest BCUT2D eigenvalue weighted by Crippen LogP contribution is 2.19. The van der Waals surface area contributed by atoms with Crippen LogP contribution in [0.3, 0.4) is 0 Å². The Morgan fingerprint density at radius 2 is 1.79 bits per heavy atom. The van der Waals surface area contributed by atoms with Crippen LogP contribution in [-0.2, 0) is 0 Å². The number of halogens is 1. The number of carbonyl (C=O) groups is 1. The molecule has 3 aromatic rings. The lowest BCUT2D eigenvalue weighted by molar-refractivity contribution is 0.102. The number of amides is 1. The van der Waals surface area contributed by atoms with E-state index < -0.39 is 0 Å². The summed E-state index contributed by atoms with van der Waals surface area (Å²) in [6.07, 6.45) is 3.13. The summed E-state index contributed by atoms with van der Waals surface area (Å²) in [5.74, 6) is 0.930. The first-order valence-corrected chi connectivity index (χ1v) is 7.57. The number of benzene rings is 2. The van der Waals surface area contributed by atoms with E-state index in [0.29, 0.717) is 27.8 Å². The molecule has 0 saturated heterocycles. The quantitative estimate of drug-likeness (QED) is 0.778. The van der Waals surface area contributed by atoms with Gasteiger partial charge in [0.15, 0.2) is 5.82 Å². The molecule has 2 aromatic carbocycles. The molecule has 0 radical (unpaired) electrons. The molecule has 3 rings (SSSR count).